The van der Waals surface area contributed by atoms with Crippen molar-refractivity contribution in [3.05, 3.63) is 60.8 Å². The second kappa shape index (κ2) is 60.9. The summed E-state index contributed by atoms with van der Waals surface area (Å²) < 4.78 is 17.5. The number of rotatable bonds is 57. The van der Waals surface area contributed by atoms with Gasteiger partial charge in [0.2, 0.25) is 0 Å². The van der Waals surface area contributed by atoms with Crippen molar-refractivity contribution in [1.29, 1.82) is 0 Å². The quantitative estimate of drug-likeness (QED) is 0.0345. The molecule has 5 heteroatoms. The van der Waals surface area contributed by atoms with Gasteiger partial charge in [0.1, 0.15) is 6.61 Å². The fourth-order valence-corrected chi connectivity index (χ4v) is 8.97. The minimum Gasteiger partial charge on any atom is -0.462 e. The molecule has 1 atom stereocenters. The van der Waals surface area contributed by atoms with Gasteiger partial charge in [0.05, 0.1) is 6.61 Å². The zero-order valence-corrected chi connectivity index (χ0v) is 47.0. The van der Waals surface area contributed by atoms with Gasteiger partial charge >= 0.3 is 11.9 Å². The first kappa shape index (κ1) is 67.6. The van der Waals surface area contributed by atoms with E-state index in [0.29, 0.717) is 19.4 Å². The lowest BCUT2D eigenvalue weighted by Crippen LogP contribution is -2.30. The molecule has 0 saturated heterocycles. The normalized spacial score (nSPS) is 12.6. The molecule has 1 unspecified atom stereocenters. The van der Waals surface area contributed by atoms with Gasteiger partial charge in [0.15, 0.2) is 6.10 Å². The summed E-state index contributed by atoms with van der Waals surface area (Å²) in [5.41, 5.74) is 0. The second-order valence-corrected chi connectivity index (χ2v) is 20.6. The lowest BCUT2D eigenvalue weighted by molar-refractivity contribution is -0.163. The Morgan fingerprint density at radius 1 is 0.329 bits per heavy atom. The third kappa shape index (κ3) is 58.2. The molecule has 0 radical (unpaired) electrons. The number of carbonyl (C=O) groups is 2. The third-order valence-electron chi connectivity index (χ3n) is 13.5. The largest absolute Gasteiger partial charge is 0.462 e. The first-order valence-corrected chi connectivity index (χ1v) is 30.8. The molecule has 0 bridgehead atoms. The molecule has 0 heterocycles. The number of allylic oxidation sites excluding steroid dienone is 10. The van der Waals surface area contributed by atoms with Crippen LogP contribution in [0.4, 0.5) is 0 Å². The van der Waals surface area contributed by atoms with Gasteiger partial charge in [-0.3, -0.25) is 9.59 Å². The molecular formula is C65H118O5. The Balaban J connectivity index is 4.26. The van der Waals surface area contributed by atoms with Crippen molar-refractivity contribution in [2.75, 3.05) is 19.8 Å². The molecule has 0 spiro atoms. The maximum atomic E-state index is 12.9. The van der Waals surface area contributed by atoms with E-state index in [1.165, 1.54) is 218 Å². The van der Waals surface area contributed by atoms with Gasteiger partial charge in [-0.15, -0.1) is 0 Å². The van der Waals surface area contributed by atoms with Crippen molar-refractivity contribution in [2.45, 2.75) is 322 Å². The predicted octanol–water partition coefficient (Wildman–Crippen LogP) is 21.2. The molecule has 0 N–H and O–H groups in total. The Hall–Kier alpha value is -2.40. The lowest BCUT2D eigenvalue weighted by atomic mass is 10.0. The van der Waals surface area contributed by atoms with Crippen molar-refractivity contribution in [3.63, 3.8) is 0 Å². The summed E-state index contributed by atoms with van der Waals surface area (Å²) in [5.74, 6) is -0.389. The maximum Gasteiger partial charge on any atom is 0.306 e. The van der Waals surface area contributed by atoms with Crippen molar-refractivity contribution in [1.82, 2.24) is 0 Å². The summed E-state index contributed by atoms with van der Waals surface area (Å²) >= 11 is 0. The van der Waals surface area contributed by atoms with Crippen molar-refractivity contribution in [3.8, 4) is 0 Å². The predicted molar refractivity (Wildman–Crippen MR) is 307 cm³/mol. The van der Waals surface area contributed by atoms with Gasteiger partial charge in [-0.1, -0.05) is 281 Å². The minimum atomic E-state index is -0.542. The van der Waals surface area contributed by atoms with E-state index >= 15 is 0 Å². The van der Waals surface area contributed by atoms with E-state index in [1.807, 2.05) is 0 Å². The Morgan fingerprint density at radius 3 is 1.06 bits per heavy atom. The molecular weight excluding hydrogens is 861 g/mol. The number of ether oxygens (including phenoxy) is 3. The van der Waals surface area contributed by atoms with Gasteiger partial charge in [-0.2, -0.15) is 0 Å². The van der Waals surface area contributed by atoms with Crippen LogP contribution in [0.1, 0.15) is 316 Å². The topological polar surface area (TPSA) is 61.8 Å². The molecule has 0 aromatic carbocycles. The van der Waals surface area contributed by atoms with Crippen LogP contribution in [0, 0.1) is 0 Å². The first-order valence-electron chi connectivity index (χ1n) is 30.8. The molecule has 408 valence electrons. The highest BCUT2D eigenvalue weighted by Gasteiger charge is 2.17. The Morgan fingerprint density at radius 2 is 0.643 bits per heavy atom. The number of carbonyl (C=O) groups excluding carboxylic acids is 2. The van der Waals surface area contributed by atoms with Crippen molar-refractivity contribution < 1.29 is 23.8 Å². The smallest absolute Gasteiger partial charge is 0.306 e. The van der Waals surface area contributed by atoms with Crippen LogP contribution in [0.15, 0.2) is 60.8 Å². The molecule has 0 rings (SSSR count). The van der Waals surface area contributed by atoms with Gasteiger partial charge < -0.3 is 14.2 Å². The van der Waals surface area contributed by atoms with E-state index in [4.69, 9.17) is 14.2 Å². The van der Waals surface area contributed by atoms with Gasteiger partial charge in [0, 0.05) is 19.4 Å². The summed E-state index contributed by atoms with van der Waals surface area (Å²) in [6.07, 6.45) is 78.2. The van der Waals surface area contributed by atoms with E-state index in [0.717, 1.165) is 64.2 Å². The molecule has 0 aliphatic carbocycles. The van der Waals surface area contributed by atoms with Gasteiger partial charge in [-0.05, 0) is 83.5 Å². The van der Waals surface area contributed by atoms with E-state index < -0.39 is 6.10 Å². The number of unbranched alkanes of at least 4 members (excludes halogenated alkanes) is 36. The zero-order chi connectivity index (χ0) is 50.6. The summed E-state index contributed by atoms with van der Waals surface area (Å²) in [5, 5.41) is 0. The van der Waals surface area contributed by atoms with Crippen LogP contribution < -0.4 is 0 Å². The van der Waals surface area contributed by atoms with Crippen molar-refractivity contribution >= 4 is 11.9 Å². The zero-order valence-electron chi connectivity index (χ0n) is 47.0. The summed E-state index contributed by atoms with van der Waals surface area (Å²) in [6, 6.07) is 0. The second-order valence-electron chi connectivity index (χ2n) is 20.6. The highest BCUT2D eigenvalue weighted by atomic mass is 16.6. The number of esters is 2. The molecule has 0 fully saturated rings. The Kier molecular flexibility index (Phi) is 58.8. The third-order valence-corrected chi connectivity index (χ3v) is 13.5. The monoisotopic (exact) mass is 979 g/mol. The maximum absolute atomic E-state index is 12.9. The average Bonchev–Trinajstić information content (AvgIpc) is 3.36. The molecule has 0 amide bonds. The van der Waals surface area contributed by atoms with Crippen LogP contribution in [0.25, 0.3) is 0 Å². The molecule has 0 aliphatic heterocycles. The molecule has 70 heavy (non-hydrogen) atoms. The van der Waals surface area contributed by atoms with Crippen LogP contribution in [-0.4, -0.2) is 37.9 Å². The summed E-state index contributed by atoms with van der Waals surface area (Å²) in [4.78, 5) is 25.6. The van der Waals surface area contributed by atoms with E-state index in [-0.39, 0.29) is 25.2 Å². The van der Waals surface area contributed by atoms with Crippen molar-refractivity contribution in [2.24, 2.45) is 0 Å². The highest BCUT2D eigenvalue weighted by Crippen LogP contribution is 2.17. The van der Waals surface area contributed by atoms with Crippen LogP contribution in [0.5, 0.6) is 0 Å². The summed E-state index contributed by atoms with van der Waals surface area (Å²) in [7, 11) is 0. The average molecular weight is 980 g/mol. The van der Waals surface area contributed by atoms with Gasteiger partial charge in [0.25, 0.3) is 0 Å². The molecule has 0 aromatic heterocycles. The van der Waals surface area contributed by atoms with Crippen LogP contribution in [0.3, 0.4) is 0 Å². The molecule has 0 aliphatic rings. The Bertz CT molecular complexity index is 1200. The fraction of sp³-hybridized carbons (Fsp3) is 0.815. The Labute approximate surface area is 436 Å². The van der Waals surface area contributed by atoms with Crippen LogP contribution >= 0.6 is 0 Å². The number of hydrogen-bond acceptors (Lipinski definition) is 5. The molecule has 0 aromatic rings. The number of hydrogen-bond donors (Lipinski definition) is 0. The van der Waals surface area contributed by atoms with Crippen LogP contribution in [0.2, 0.25) is 0 Å². The molecule has 0 saturated carbocycles. The fourth-order valence-electron chi connectivity index (χ4n) is 8.97. The summed E-state index contributed by atoms with van der Waals surface area (Å²) in [6.45, 7) is 7.73. The highest BCUT2D eigenvalue weighted by molar-refractivity contribution is 5.70. The van der Waals surface area contributed by atoms with Crippen LogP contribution in [-0.2, 0) is 23.8 Å². The standard InChI is InChI=1S/C65H118O5/c1-4-7-10-13-16-19-22-25-28-31-33-35-37-40-43-46-49-52-55-58-64(66)69-62-63(61-68-60-57-54-51-48-45-42-39-36-32-29-26-23-20-17-14-11-8-5-2)70-65(67)59-56-53-50-47-44-41-38-34-30-27-24-21-18-15-12-9-6-3/h8,11,16-17,19-20,25-26,28-29,63H,4-7,9-10,12-15,18,21-24,27,30-62H2,1-3H3/b11-8-,19-16-,20-17-,28-25-,29-26-. The minimum absolute atomic E-state index is 0.0827. The SMILES string of the molecule is CC/C=C\C/C=C\C/C=C\CCCCCCCCCCOCC(COC(=O)CCCCCCCCCCC/C=C\C/C=C\CCCCC)OC(=O)CCCCCCCCCCCCCCCCCCC. The first-order chi connectivity index (χ1) is 34.6. The van der Waals surface area contributed by atoms with Gasteiger partial charge in [-0.25, -0.2) is 0 Å². The van der Waals surface area contributed by atoms with E-state index in [9.17, 15) is 9.59 Å². The lowest BCUT2D eigenvalue weighted by Gasteiger charge is -2.18. The van der Waals surface area contributed by atoms with E-state index in [2.05, 4.69) is 81.5 Å². The van der Waals surface area contributed by atoms with E-state index in [1.54, 1.807) is 0 Å². The molecule has 5 nitrogen and oxygen atoms in total.